The number of para-hydroxylation sites is 1. The van der Waals surface area contributed by atoms with Crippen LogP contribution in [-0.4, -0.2) is 56.7 Å². The molecule has 1 amide bonds. The Bertz CT molecular complexity index is 1030. The van der Waals surface area contributed by atoms with Crippen molar-refractivity contribution in [2.24, 2.45) is 10.9 Å². The maximum absolute atomic E-state index is 13.3. The van der Waals surface area contributed by atoms with Crippen molar-refractivity contribution < 1.29 is 14.3 Å². The first kappa shape index (κ1) is 27.0. The maximum Gasteiger partial charge on any atom is 0.255 e. The molecular formula is C28H37N5O3. The van der Waals surface area contributed by atoms with E-state index in [0.29, 0.717) is 37.0 Å². The number of nitrogens with zero attached hydrogens (tertiary/aromatic N) is 3. The summed E-state index contributed by atoms with van der Waals surface area (Å²) in [6.45, 7) is 3.89. The molecule has 8 nitrogen and oxygen atoms in total. The Kier molecular flexibility index (Phi) is 10.6. The van der Waals surface area contributed by atoms with Crippen LogP contribution in [0.25, 0.3) is 0 Å². The lowest BCUT2D eigenvalue weighted by Crippen LogP contribution is -2.50. The first-order valence-corrected chi connectivity index (χ1v) is 12.6. The molecule has 0 heterocycles. The van der Waals surface area contributed by atoms with Gasteiger partial charge in [-0.1, -0.05) is 42.5 Å². The number of rotatable bonds is 10. The summed E-state index contributed by atoms with van der Waals surface area (Å²) in [5, 5.41) is 15.7. The van der Waals surface area contributed by atoms with Crippen molar-refractivity contribution in [3.8, 4) is 11.9 Å². The summed E-state index contributed by atoms with van der Waals surface area (Å²) in [5.41, 5.74) is 1.63. The first-order chi connectivity index (χ1) is 17.6. The molecule has 0 bridgehead atoms. The van der Waals surface area contributed by atoms with Gasteiger partial charge in [-0.2, -0.15) is 5.26 Å². The molecule has 2 aromatic carbocycles. The van der Waals surface area contributed by atoms with Crippen LogP contribution in [0.4, 0.5) is 0 Å². The van der Waals surface area contributed by atoms with E-state index in [-0.39, 0.29) is 23.9 Å². The quantitative estimate of drug-likeness (QED) is 0.295. The van der Waals surface area contributed by atoms with Gasteiger partial charge in [-0.15, -0.1) is 4.99 Å². The number of carbonyl (C=O) groups is 1. The van der Waals surface area contributed by atoms with Crippen LogP contribution < -0.4 is 15.4 Å². The van der Waals surface area contributed by atoms with Crippen molar-refractivity contribution in [2.75, 3.05) is 33.9 Å². The number of hydrogen-bond acceptors (Lipinski definition) is 5. The van der Waals surface area contributed by atoms with Gasteiger partial charge in [0, 0.05) is 26.2 Å². The van der Waals surface area contributed by atoms with Gasteiger partial charge in [-0.05, 0) is 56.2 Å². The number of benzene rings is 2. The topological polar surface area (TPSA) is 99.0 Å². The molecule has 8 heteroatoms. The Hall–Kier alpha value is -3.57. The van der Waals surface area contributed by atoms with Gasteiger partial charge in [0.05, 0.1) is 25.3 Å². The van der Waals surface area contributed by atoms with Gasteiger partial charge >= 0.3 is 0 Å². The minimum Gasteiger partial charge on any atom is -0.496 e. The Morgan fingerprint density at radius 2 is 1.81 bits per heavy atom. The third kappa shape index (κ3) is 6.98. The van der Waals surface area contributed by atoms with Gasteiger partial charge in [0.2, 0.25) is 12.2 Å². The standard InChI is InChI=1S/C28H37N5O3/c1-4-30-28(31-20-29)33(18-19-35-2)23-16-14-22(15-17-23)26(21-10-6-5-7-11-21)32-27(34)24-12-8-9-13-25(24)36-3/h5-13,22-23,26H,4,14-19H2,1-3H3,(H,30,31)(H,32,34)/t22-,23+,26?. The van der Waals surface area contributed by atoms with E-state index in [1.807, 2.05) is 43.4 Å². The largest absolute Gasteiger partial charge is 0.496 e. The number of nitriles is 1. The first-order valence-electron chi connectivity index (χ1n) is 12.6. The van der Waals surface area contributed by atoms with Crippen LogP contribution >= 0.6 is 0 Å². The molecule has 1 fully saturated rings. The summed E-state index contributed by atoms with van der Waals surface area (Å²) in [6, 6.07) is 17.6. The summed E-state index contributed by atoms with van der Waals surface area (Å²) in [5.74, 6) is 1.31. The minimum atomic E-state index is -0.138. The Morgan fingerprint density at radius 3 is 2.44 bits per heavy atom. The summed E-state index contributed by atoms with van der Waals surface area (Å²) in [6.07, 6.45) is 5.66. The highest BCUT2D eigenvalue weighted by atomic mass is 16.5. The maximum atomic E-state index is 13.3. The number of methoxy groups -OCH3 is 2. The second-order valence-corrected chi connectivity index (χ2v) is 8.88. The van der Waals surface area contributed by atoms with Crippen LogP contribution in [0.15, 0.2) is 59.6 Å². The molecule has 1 aliphatic rings. The second-order valence-electron chi connectivity index (χ2n) is 8.88. The van der Waals surface area contributed by atoms with Gasteiger partial charge in [0.25, 0.3) is 5.91 Å². The Labute approximate surface area is 214 Å². The molecule has 2 N–H and O–H groups in total. The van der Waals surface area contributed by atoms with Gasteiger partial charge in [0.15, 0.2) is 0 Å². The average molecular weight is 492 g/mol. The minimum absolute atomic E-state index is 0.113. The van der Waals surface area contributed by atoms with Crippen LogP contribution in [0, 0.1) is 17.4 Å². The van der Waals surface area contributed by atoms with E-state index in [1.165, 1.54) is 0 Å². The van der Waals surface area contributed by atoms with Crippen molar-refractivity contribution in [3.63, 3.8) is 0 Å². The number of ether oxygens (including phenoxy) is 2. The predicted octanol–water partition coefficient (Wildman–Crippen LogP) is 4.12. The highest BCUT2D eigenvalue weighted by molar-refractivity contribution is 5.97. The molecule has 2 aromatic rings. The molecular weight excluding hydrogens is 454 g/mol. The lowest BCUT2D eigenvalue weighted by Gasteiger charge is -2.40. The van der Waals surface area contributed by atoms with E-state index in [4.69, 9.17) is 9.47 Å². The van der Waals surface area contributed by atoms with E-state index in [0.717, 1.165) is 31.2 Å². The third-order valence-electron chi connectivity index (χ3n) is 6.75. The number of nitrogens with one attached hydrogen (secondary N) is 2. The predicted molar refractivity (Wildman–Crippen MR) is 141 cm³/mol. The molecule has 0 aromatic heterocycles. The van der Waals surface area contributed by atoms with Crippen LogP contribution in [0.5, 0.6) is 5.75 Å². The number of guanidine groups is 1. The molecule has 0 saturated heterocycles. The van der Waals surface area contributed by atoms with Crippen LogP contribution in [-0.2, 0) is 4.74 Å². The number of carbonyl (C=O) groups excluding carboxylic acids is 1. The van der Waals surface area contributed by atoms with Crippen LogP contribution in [0.2, 0.25) is 0 Å². The van der Waals surface area contributed by atoms with Gasteiger partial charge < -0.3 is 25.0 Å². The molecule has 1 aliphatic carbocycles. The summed E-state index contributed by atoms with van der Waals surface area (Å²) >= 11 is 0. The zero-order chi connectivity index (χ0) is 25.8. The van der Waals surface area contributed by atoms with E-state index < -0.39 is 0 Å². The average Bonchev–Trinajstić information content (AvgIpc) is 2.93. The number of aliphatic imine (C=N–C) groups is 1. The molecule has 1 saturated carbocycles. The molecule has 0 radical (unpaired) electrons. The van der Waals surface area contributed by atoms with Crippen LogP contribution in [0.1, 0.15) is 54.6 Å². The van der Waals surface area contributed by atoms with E-state index in [1.54, 1.807) is 26.4 Å². The Morgan fingerprint density at radius 1 is 1.11 bits per heavy atom. The van der Waals surface area contributed by atoms with Crippen molar-refractivity contribution in [3.05, 3.63) is 65.7 Å². The van der Waals surface area contributed by atoms with Crippen molar-refractivity contribution in [1.82, 2.24) is 15.5 Å². The van der Waals surface area contributed by atoms with Crippen LogP contribution in [0.3, 0.4) is 0 Å². The van der Waals surface area contributed by atoms with E-state index in [2.05, 4.69) is 32.7 Å². The number of hydrogen-bond donors (Lipinski definition) is 2. The van der Waals surface area contributed by atoms with Gasteiger partial charge in [-0.3, -0.25) is 4.79 Å². The highest BCUT2D eigenvalue weighted by Crippen LogP contribution is 2.37. The third-order valence-corrected chi connectivity index (χ3v) is 6.75. The van der Waals surface area contributed by atoms with Crippen molar-refractivity contribution in [1.29, 1.82) is 5.26 Å². The van der Waals surface area contributed by atoms with Crippen molar-refractivity contribution in [2.45, 2.75) is 44.7 Å². The SMILES string of the molecule is CCNC(=NC#N)N(CCOC)[C@H]1CC[C@@H](C(NC(=O)c2ccccc2OC)c2ccccc2)CC1. The molecule has 0 spiro atoms. The fourth-order valence-corrected chi connectivity index (χ4v) is 4.99. The molecule has 36 heavy (non-hydrogen) atoms. The number of amides is 1. The monoisotopic (exact) mass is 491 g/mol. The Balaban J connectivity index is 1.78. The van der Waals surface area contributed by atoms with E-state index >= 15 is 0 Å². The summed E-state index contributed by atoms with van der Waals surface area (Å²) in [4.78, 5) is 19.5. The van der Waals surface area contributed by atoms with Crippen molar-refractivity contribution >= 4 is 11.9 Å². The second kappa shape index (κ2) is 14.1. The molecule has 0 aliphatic heterocycles. The summed E-state index contributed by atoms with van der Waals surface area (Å²) < 4.78 is 10.7. The zero-order valence-corrected chi connectivity index (χ0v) is 21.4. The zero-order valence-electron chi connectivity index (χ0n) is 21.4. The molecule has 3 rings (SSSR count). The smallest absolute Gasteiger partial charge is 0.255 e. The van der Waals surface area contributed by atoms with Gasteiger partial charge in [0.1, 0.15) is 5.75 Å². The van der Waals surface area contributed by atoms with E-state index in [9.17, 15) is 10.1 Å². The summed E-state index contributed by atoms with van der Waals surface area (Å²) in [7, 11) is 3.26. The fraction of sp³-hybridized carbons (Fsp3) is 0.464. The molecule has 1 unspecified atom stereocenters. The lowest BCUT2D eigenvalue weighted by atomic mass is 9.78. The lowest BCUT2D eigenvalue weighted by molar-refractivity contribution is 0.0892. The van der Waals surface area contributed by atoms with Gasteiger partial charge in [-0.25, -0.2) is 0 Å². The molecule has 1 atom stereocenters. The molecule has 192 valence electrons. The normalized spacial score (nSPS) is 18.6. The highest BCUT2D eigenvalue weighted by Gasteiger charge is 2.33. The fourth-order valence-electron chi connectivity index (χ4n) is 4.99.